The topological polar surface area (TPSA) is 20.2 Å². The molecule has 2 aliphatic rings. The summed E-state index contributed by atoms with van der Waals surface area (Å²) in [4.78, 5) is 0. The lowest BCUT2D eigenvalue weighted by atomic mass is 9.64. The molecule has 2 aliphatic carbocycles. The van der Waals surface area contributed by atoms with Crippen LogP contribution in [0, 0.1) is 17.3 Å². The summed E-state index contributed by atoms with van der Waals surface area (Å²) in [5.41, 5.74) is 2.13. The van der Waals surface area contributed by atoms with Gasteiger partial charge in [-0.05, 0) is 42.9 Å². The molecule has 0 aromatic heterocycles. The minimum atomic E-state index is 0.333. The zero-order chi connectivity index (χ0) is 10.9. The van der Waals surface area contributed by atoms with E-state index >= 15 is 0 Å². The van der Waals surface area contributed by atoms with Crippen LogP contribution in [-0.4, -0.2) is 11.7 Å². The molecule has 0 aromatic carbocycles. The Morgan fingerprint density at radius 1 is 1.53 bits per heavy atom. The molecular formula is C14H24O. The van der Waals surface area contributed by atoms with Gasteiger partial charge in [-0.2, -0.15) is 0 Å². The summed E-state index contributed by atoms with van der Waals surface area (Å²) in [6.07, 6.45) is 10.3. The molecule has 0 radical (unpaired) electrons. The maximum absolute atomic E-state index is 9.05. The zero-order valence-corrected chi connectivity index (χ0v) is 10.1. The van der Waals surface area contributed by atoms with E-state index in [1.807, 2.05) is 0 Å². The molecule has 0 aliphatic heterocycles. The van der Waals surface area contributed by atoms with Crippen LogP contribution in [0.3, 0.4) is 0 Å². The first-order chi connectivity index (χ1) is 7.18. The quantitative estimate of drug-likeness (QED) is 0.703. The van der Waals surface area contributed by atoms with Crippen LogP contribution in [-0.2, 0) is 0 Å². The molecule has 0 amide bonds. The highest BCUT2D eigenvalue weighted by Gasteiger charge is 2.43. The molecule has 2 unspecified atom stereocenters. The molecule has 1 nitrogen and oxygen atoms in total. The second-order valence-corrected chi connectivity index (χ2v) is 5.67. The summed E-state index contributed by atoms with van der Waals surface area (Å²) >= 11 is 0. The molecule has 1 N–H and O–H groups in total. The van der Waals surface area contributed by atoms with Gasteiger partial charge < -0.3 is 5.11 Å². The van der Waals surface area contributed by atoms with Crippen molar-refractivity contribution in [2.45, 2.75) is 52.4 Å². The van der Waals surface area contributed by atoms with Crippen molar-refractivity contribution in [3.63, 3.8) is 0 Å². The van der Waals surface area contributed by atoms with Crippen LogP contribution >= 0.6 is 0 Å². The number of allylic oxidation sites excluding steroid dienone is 2. The first-order valence-electron chi connectivity index (χ1n) is 6.50. The van der Waals surface area contributed by atoms with E-state index < -0.39 is 0 Å². The maximum atomic E-state index is 9.05. The Morgan fingerprint density at radius 2 is 2.33 bits per heavy atom. The highest BCUT2D eigenvalue weighted by Crippen LogP contribution is 2.54. The Bertz CT molecular complexity index is 256. The first kappa shape index (κ1) is 11.2. The predicted octanol–water partition coefficient (Wildman–Crippen LogP) is 3.53. The number of fused-ring (bicyclic) bond motifs is 1. The smallest absolute Gasteiger partial charge is 0.0436 e. The van der Waals surface area contributed by atoms with Crippen molar-refractivity contribution in [3.05, 3.63) is 11.6 Å². The van der Waals surface area contributed by atoms with Gasteiger partial charge in [-0.15, -0.1) is 0 Å². The highest BCUT2D eigenvalue weighted by atomic mass is 16.3. The average molecular weight is 208 g/mol. The molecule has 3 atom stereocenters. The van der Waals surface area contributed by atoms with Crippen LogP contribution in [0.15, 0.2) is 11.6 Å². The van der Waals surface area contributed by atoms with Crippen LogP contribution in [0.25, 0.3) is 0 Å². The largest absolute Gasteiger partial charge is 0.396 e. The summed E-state index contributed by atoms with van der Waals surface area (Å²) in [5.74, 6) is 1.49. The van der Waals surface area contributed by atoms with Gasteiger partial charge in [0, 0.05) is 6.61 Å². The van der Waals surface area contributed by atoms with Crippen molar-refractivity contribution in [3.8, 4) is 0 Å². The Kier molecular flexibility index (Phi) is 3.20. The van der Waals surface area contributed by atoms with Gasteiger partial charge >= 0.3 is 0 Å². The fourth-order valence-corrected chi connectivity index (χ4v) is 3.78. The number of hydrogen-bond donors (Lipinski definition) is 1. The fraction of sp³-hybridized carbons (Fsp3) is 0.857. The Labute approximate surface area is 93.6 Å². The molecule has 1 saturated carbocycles. The minimum Gasteiger partial charge on any atom is -0.396 e. The van der Waals surface area contributed by atoms with Gasteiger partial charge in [0.1, 0.15) is 0 Å². The van der Waals surface area contributed by atoms with Gasteiger partial charge in [0.05, 0.1) is 0 Å². The molecule has 1 heteroatoms. The van der Waals surface area contributed by atoms with Gasteiger partial charge in [0.25, 0.3) is 0 Å². The summed E-state index contributed by atoms with van der Waals surface area (Å²) in [6.45, 7) is 5.08. The third kappa shape index (κ3) is 1.87. The van der Waals surface area contributed by atoms with Crippen molar-refractivity contribution in [2.75, 3.05) is 6.61 Å². The van der Waals surface area contributed by atoms with Crippen LogP contribution in [0.4, 0.5) is 0 Å². The van der Waals surface area contributed by atoms with E-state index in [1.54, 1.807) is 5.57 Å². The molecule has 1 fully saturated rings. The molecule has 0 aromatic rings. The number of aliphatic hydroxyl groups is 1. The lowest BCUT2D eigenvalue weighted by Crippen LogP contribution is -2.31. The van der Waals surface area contributed by atoms with Crippen molar-refractivity contribution in [2.24, 2.45) is 17.3 Å². The lowest BCUT2D eigenvalue weighted by Gasteiger charge is -2.41. The molecule has 0 spiro atoms. The number of hydrogen-bond acceptors (Lipinski definition) is 1. The molecule has 0 bridgehead atoms. The van der Waals surface area contributed by atoms with Crippen LogP contribution in [0.5, 0.6) is 0 Å². The molecule has 0 heterocycles. The van der Waals surface area contributed by atoms with E-state index in [0.717, 1.165) is 12.3 Å². The fourth-order valence-electron chi connectivity index (χ4n) is 3.78. The average Bonchev–Trinajstić information content (AvgIpc) is 2.55. The number of rotatable bonds is 3. The standard InChI is InChI=1S/C14H24O/c1-11(8-10-15)13-7-6-12-5-3-4-9-14(12,13)2/h7,11-12,15H,3-6,8-10H2,1-2H3/t11-,12?,14?/m1/s1. The van der Waals surface area contributed by atoms with Crippen molar-refractivity contribution in [1.29, 1.82) is 0 Å². The van der Waals surface area contributed by atoms with Gasteiger partial charge in [-0.25, -0.2) is 0 Å². The second kappa shape index (κ2) is 4.29. The van der Waals surface area contributed by atoms with E-state index in [-0.39, 0.29) is 0 Å². The summed E-state index contributed by atoms with van der Waals surface area (Å²) in [5, 5.41) is 9.05. The van der Waals surface area contributed by atoms with E-state index in [0.29, 0.717) is 17.9 Å². The van der Waals surface area contributed by atoms with E-state index in [1.165, 1.54) is 32.1 Å². The first-order valence-corrected chi connectivity index (χ1v) is 6.50. The maximum Gasteiger partial charge on any atom is 0.0436 e. The van der Waals surface area contributed by atoms with Gasteiger partial charge in [-0.1, -0.05) is 38.3 Å². The second-order valence-electron chi connectivity index (χ2n) is 5.67. The number of aliphatic hydroxyl groups excluding tert-OH is 1. The molecule has 86 valence electrons. The zero-order valence-electron chi connectivity index (χ0n) is 10.1. The lowest BCUT2D eigenvalue weighted by molar-refractivity contribution is 0.161. The summed E-state index contributed by atoms with van der Waals surface area (Å²) < 4.78 is 0. The SMILES string of the molecule is C[C@H](CCO)C1=CCC2CCCCC12C. The molecule has 0 saturated heterocycles. The van der Waals surface area contributed by atoms with Crippen molar-refractivity contribution < 1.29 is 5.11 Å². The third-order valence-corrected chi connectivity index (χ3v) is 4.77. The van der Waals surface area contributed by atoms with Gasteiger partial charge in [-0.3, -0.25) is 0 Å². The van der Waals surface area contributed by atoms with Gasteiger partial charge in [0.15, 0.2) is 0 Å². The Morgan fingerprint density at radius 3 is 3.07 bits per heavy atom. The van der Waals surface area contributed by atoms with Crippen LogP contribution in [0.2, 0.25) is 0 Å². The van der Waals surface area contributed by atoms with E-state index in [4.69, 9.17) is 5.11 Å². The molecule has 15 heavy (non-hydrogen) atoms. The summed E-state index contributed by atoms with van der Waals surface area (Å²) in [6, 6.07) is 0. The predicted molar refractivity (Wildman–Crippen MR) is 63.6 cm³/mol. The van der Waals surface area contributed by atoms with Crippen molar-refractivity contribution in [1.82, 2.24) is 0 Å². The van der Waals surface area contributed by atoms with Crippen LogP contribution in [0.1, 0.15) is 52.4 Å². The van der Waals surface area contributed by atoms with E-state index in [2.05, 4.69) is 19.9 Å². The normalized spacial score (nSPS) is 37.3. The highest BCUT2D eigenvalue weighted by molar-refractivity contribution is 5.24. The monoisotopic (exact) mass is 208 g/mol. The Balaban J connectivity index is 2.12. The summed E-state index contributed by atoms with van der Waals surface area (Å²) in [7, 11) is 0. The van der Waals surface area contributed by atoms with E-state index in [9.17, 15) is 0 Å². The van der Waals surface area contributed by atoms with Gasteiger partial charge in [0.2, 0.25) is 0 Å². The van der Waals surface area contributed by atoms with Crippen molar-refractivity contribution >= 4 is 0 Å². The third-order valence-electron chi connectivity index (χ3n) is 4.77. The molecular weight excluding hydrogens is 184 g/mol. The minimum absolute atomic E-state index is 0.333. The molecule has 2 rings (SSSR count). The Hall–Kier alpha value is -0.300. The van der Waals surface area contributed by atoms with Crippen LogP contribution < -0.4 is 0 Å².